The summed E-state index contributed by atoms with van der Waals surface area (Å²) in [4.78, 5) is 3.88. The third kappa shape index (κ3) is 3.80. The molecule has 0 aliphatic carbocycles. The van der Waals surface area contributed by atoms with Crippen molar-refractivity contribution in [2.24, 2.45) is 5.73 Å². The fourth-order valence-electron chi connectivity index (χ4n) is 0.686. The van der Waals surface area contributed by atoms with Gasteiger partial charge in [-0.15, -0.1) is 12.4 Å². The van der Waals surface area contributed by atoms with Crippen molar-refractivity contribution in [3.05, 3.63) is 24.5 Å². The molecule has 3 N–H and O–H groups in total. The molecule has 1 heterocycles. The van der Waals surface area contributed by atoms with Gasteiger partial charge in [0.15, 0.2) is 0 Å². The first-order chi connectivity index (χ1) is 4.93. The van der Waals surface area contributed by atoms with Gasteiger partial charge in [0.05, 0.1) is 0 Å². The van der Waals surface area contributed by atoms with E-state index in [9.17, 15) is 0 Å². The van der Waals surface area contributed by atoms with E-state index in [0.717, 1.165) is 12.2 Å². The molecule has 0 aliphatic heterocycles. The average molecular weight is 174 g/mol. The van der Waals surface area contributed by atoms with E-state index in [1.165, 1.54) is 0 Å². The van der Waals surface area contributed by atoms with Crippen LogP contribution in [0.2, 0.25) is 0 Å². The average Bonchev–Trinajstić information content (AvgIpc) is 2.03. The van der Waals surface area contributed by atoms with E-state index in [1.807, 2.05) is 12.1 Å². The molecule has 0 spiro atoms. The van der Waals surface area contributed by atoms with Gasteiger partial charge >= 0.3 is 0 Å². The molecular formula is C7H12ClN3. The molecule has 0 fully saturated rings. The number of nitrogens with two attached hydrogens (primary N) is 1. The van der Waals surface area contributed by atoms with E-state index in [0.29, 0.717) is 6.54 Å². The van der Waals surface area contributed by atoms with Gasteiger partial charge in [-0.3, -0.25) is 4.98 Å². The lowest BCUT2D eigenvalue weighted by atomic mass is 10.4. The normalized spacial score (nSPS) is 8.45. The van der Waals surface area contributed by atoms with Crippen molar-refractivity contribution >= 4 is 18.1 Å². The number of anilines is 1. The van der Waals surface area contributed by atoms with Crippen LogP contribution in [0.4, 0.5) is 5.69 Å². The molecule has 1 aromatic heterocycles. The highest BCUT2D eigenvalue weighted by atomic mass is 35.5. The van der Waals surface area contributed by atoms with Crippen molar-refractivity contribution in [2.45, 2.75) is 0 Å². The van der Waals surface area contributed by atoms with Crippen molar-refractivity contribution in [1.82, 2.24) is 4.98 Å². The Morgan fingerprint density at radius 2 is 2.00 bits per heavy atom. The van der Waals surface area contributed by atoms with E-state index in [4.69, 9.17) is 5.73 Å². The number of aromatic nitrogens is 1. The lowest BCUT2D eigenvalue weighted by Crippen LogP contribution is -2.12. The predicted octanol–water partition coefficient (Wildman–Crippen LogP) is 0.874. The van der Waals surface area contributed by atoms with Crippen molar-refractivity contribution in [1.29, 1.82) is 0 Å². The summed E-state index contributed by atoms with van der Waals surface area (Å²) in [6.07, 6.45) is 3.50. The molecule has 0 atom stereocenters. The molecule has 1 aromatic rings. The summed E-state index contributed by atoms with van der Waals surface area (Å²) in [7, 11) is 0. The van der Waals surface area contributed by atoms with Crippen LogP contribution in [0.5, 0.6) is 0 Å². The Bertz CT molecular complexity index is 178. The van der Waals surface area contributed by atoms with E-state index in [1.54, 1.807) is 12.4 Å². The monoisotopic (exact) mass is 173 g/mol. The van der Waals surface area contributed by atoms with Gasteiger partial charge in [-0.2, -0.15) is 0 Å². The van der Waals surface area contributed by atoms with Gasteiger partial charge in [-0.05, 0) is 12.1 Å². The highest BCUT2D eigenvalue weighted by molar-refractivity contribution is 5.85. The Balaban J connectivity index is 0.000001000. The minimum absolute atomic E-state index is 0. The first-order valence-corrected chi connectivity index (χ1v) is 3.27. The molecule has 0 aliphatic rings. The van der Waals surface area contributed by atoms with Crippen LogP contribution in [0.25, 0.3) is 0 Å². The predicted molar refractivity (Wildman–Crippen MR) is 49.0 cm³/mol. The van der Waals surface area contributed by atoms with Crippen LogP contribution in [0.15, 0.2) is 24.5 Å². The molecule has 0 unspecified atom stereocenters. The molecule has 0 saturated heterocycles. The number of nitrogens with one attached hydrogen (secondary N) is 1. The number of hydrogen-bond acceptors (Lipinski definition) is 3. The second-order valence-corrected chi connectivity index (χ2v) is 1.95. The van der Waals surface area contributed by atoms with Gasteiger partial charge in [0.2, 0.25) is 0 Å². The van der Waals surface area contributed by atoms with Crippen LogP contribution in [0.1, 0.15) is 0 Å². The van der Waals surface area contributed by atoms with Gasteiger partial charge in [-0.1, -0.05) is 0 Å². The summed E-state index contributed by atoms with van der Waals surface area (Å²) in [5.41, 5.74) is 6.37. The lowest BCUT2D eigenvalue weighted by Gasteiger charge is -2.01. The Labute approximate surface area is 72.4 Å². The quantitative estimate of drug-likeness (QED) is 0.714. The van der Waals surface area contributed by atoms with Gasteiger partial charge in [-0.25, -0.2) is 0 Å². The second-order valence-electron chi connectivity index (χ2n) is 1.95. The van der Waals surface area contributed by atoms with Crippen molar-refractivity contribution in [2.75, 3.05) is 18.4 Å². The smallest absolute Gasteiger partial charge is 0.0371 e. The highest BCUT2D eigenvalue weighted by Gasteiger charge is 1.84. The Kier molecular flexibility index (Phi) is 5.51. The largest absolute Gasteiger partial charge is 0.384 e. The van der Waals surface area contributed by atoms with Crippen molar-refractivity contribution in [3.8, 4) is 0 Å². The Hall–Kier alpha value is -0.800. The van der Waals surface area contributed by atoms with Crippen LogP contribution in [0, 0.1) is 0 Å². The number of halogens is 1. The van der Waals surface area contributed by atoms with E-state index < -0.39 is 0 Å². The molecular weight excluding hydrogens is 162 g/mol. The molecule has 4 heteroatoms. The number of hydrogen-bond donors (Lipinski definition) is 2. The fourth-order valence-corrected chi connectivity index (χ4v) is 0.686. The number of nitrogens with zero attached hydrogens (tertiary/aromatic N) is 1. The van der Waals surface area contributed by atoms with E-state index >= 15 is 0 Å². The van der Waals surface area contributed by atoms with Crippen LogP contribution < -0.4 is 11.1 Å². The SMILES string of the molecule is Cl.NCCNc1ccncc1. The summed E-state index contributed by atoms with van der Waals surface area (Å²) in [5, 5.41) is 3.13. The summed E-state index contributed by atoms with van der Waals surface area (Å²) >= 11 is 0. The van der Waals surface area contributed by atoms with E-state index in [2.05, 4.69) is 10.3 Å². The van der Waals surface area contributed by atoms with Crippen LogP contribution >= 0.6 is 12.4 Å². The van der Waals surface area contributed by atoms with Crippen molar-refractivity contribution < 1.29 is 0 Å². The Morgan fingerprint density at radius 3 is 2.55 bits per heavy atom. The molecule has 3 nitrogen and oxygen atoms in total. The molecule has 62 valence electrons. The maximum atomic E-state index is 5.30. The van der Waals surface area contributed by atoms with E-state index in [-0.39, 0.29) is 12.4 Å². The summed E-state index contributed by atoms with van der Waals surface area (Å²) in [5.74, 6) is 0. The summed E-state index contributed by atoms with van der Waals surface area (Å²) < 4.78 is 0. The number of pyridine rings is 1. The van der Waals surface area contributed by atoms with Gasteiger partial charge in [0.25, 0.3) is 0 Å². The first-order valence-electron chi connectivity index (χ1n) is 3.27. The Morgan fingerprint density at radius 1 is 1.36 bits per heavy atom. The second kappa shape index (κ2) is 5.95. The van der Waals surface area contributed by atoms with Crippen LogP contribution in [-0.4, -0.2) is 18.1 Å². The van der Waals surface area contributed by atoms with Gasteiger partial charge in [0.1, 0.15) is 0 Å². The third-order valence-corrected chi connectivity index (χ3v) is 1.15. The first kappa shape index (κ1) is 10.2. The fraction of sp³-hybridized carbons (Fsp3) is 0.286. The lowest BCUT2D eigenvalue weighted by molar-refractivity contribution is 1.02. The molecule has 0 aromatic carbocycles. The zero-order valence-electron chi connectivity index (χ0n) is 6.16. The summed E-state index contributed by atoms with van der Waals surface area (Å²) in [6.45, 7) is 1.46. The van der Waals surface area contributed by atoms with Crippen LogP contribution in [-0.2, 0) is 0 Å². The highest BCUT2D eigenvalue weighted by Crippen LogP contribution is 2.00. The molecule has 11 heavy (non-hydrogen) atoms. The molecule has 1 rings (SSSR count). The van der Waals surface area contributed by atoms with Crippen molar-refractivity contribution in [3.63, 3.8) is 0 Å². The zero-order chi connectivity index (χ0) is 7.23. The molecule has 0 radical (unpaired) electrons. The third-order valence-electron chi connectivity index (χ3n) is 1.15. The maximum absolute atomic E-state index is 5.30. The zero-order valence-corrected chi connectivity index (χ0v) is 6.97. The summed E-state index contributed by atoms with van der Waals surface area (Å²) in [6, 6.07) is 3.82. The topological polar surface area (TPSA) is 50.9 Å². The standard InChI is InChI=1S/C7H11N3.ClH/c8-3-6-10-7-1-4-9-5-2-7;/h1-2,4-5H,3,6,8H2,(H,9,10);1H. The molecule has 0 saturated carbocycles. The van der Waals surface area contributed by atoms with Gasteiger partial charge < -0.3 is 11.1 Å². The molecule has 0 bridgehead atoms. The van der Waals surface area contributed by atoms with Gasteiger partial charge in [0, 0.05) is 31.2 Å². The van der Waals surface area contributed by atoms with Crippen LogP contribution in [0.3, 0.4) is 0 Å². The molecule has 0 amide bonds. The number of rotatable bonds is 3. The maximum Gasteiger partial charge on any atom is 0.0371 e. The minimum atomic E-state index is 0. The minimum Gasteiger partial charge on any atom is -0.384 e.